The van der Waals surface area contributed by atoms with Crippen LogP contribution >= 0.6 is 0 Å². The van der Waals surface area contributed by atoms with E-state index in [2.05, 4.69) is 0 Å². The summed E-state index contributed by atoms with van der Waals surface area (Å²) < 4.78 is 7.56. The Morgan fingerprint density at radius 2 is 0.760 bits per heavy atom. The molecule has 0 aliphatic heterocycles. The zero-order valence-corrected chi connectivity index (χ0v) is 14.8. The molecule has 0 fully saturated rings. The Bertz CT molecular complexity index is 854. The molecule has 0 bridgehead atoms. The Kier molecular flexibility index (Phi) is 3.38. The second-order valence-electron chi connectivity index (χ2n) is 6.44. The van der Waals surface area contributed by atoms with Crippen molar-refractivity contribution in [3.63, 3.8) is 0 Å². The number of rotatable bonds is 4. The normalized spacial score (nSPS) is 12.0. The van der Waals surface area contributed by atoms with Crippen molar-refractivity contribution in [2.24, 2.45) is 0 Å². The van der Waals surface area contributed by atoms with Crippen LogP contribution in [-0.2, 0) is 0 Å². The molecular weight excluding hydrogens is 315 g/mol. The monoisotopic (exact) mass is 335 g/mol. The van der Waals surface area contributed by atoms with E-state index in [-0.39, 0.29) is 0 Å². The minimum Gasteiger partial charge on any atom is -0.379 e. The minimum absolute atomic E-state index is 0.919. The second-order valence-corrected chi connectivity index (χ2v) is 6.44. The SMILES string of the molecule is Cc1ccn([B-](n2ccc(C)n2)(n2ccc(C)n2)n2ccc(C)n2)n1. The van der Waals surface area contributed by atoms with Gasteiger partial charge in [0.15, 0.2) is 0 Å². The van der Waals surface area contributed by atoms with Gasteiger partial charge >= 0.3 is 6.69 Å². The van der Waals surface area contributed by atoms with Crippen molar-refractivity contribution in [1.29, 1.82) is 0 Å². The standard InChI is InChI=1S/C16H20BN8/c1-13-5-9-22(18-13)17(23-10-6-14(2)19-23,24-11-7-15(3)20-24)25-12-8-16(4)21-25/h5-12H,1-4H3/q-1. The maximum Gasteiger partial charge on any atom is 0.466 e. The average Bonchev–Trinajstić information content (AvgIpc) is 3.33. The highest BCUT2D eigenvalue weighted by Crippen LogP contribution is 2.17. The Labute approximate surface area is 145 Å². The van der Waals surface area contributed by atoms with Gasteiger partial charge in [-0.05, 0) is 76.7 Å². The molecule has 0 radical (unpaired) electrons. The molecule has 0 spiro atoms. The topological polar surface area (TPSA) is 71.3 Å². The smallest absolute Gasteiger partial charge is 0.379 e. The van der Waals surface area contributed by atoms with E-state index in [1.165, 1.54) is 0 Å². The highest BCUT2D eigenvalue weighted by atomic mass is 15.6. The predicted octanol–water partition coefficient (Wildman–Crippen LogP) is 1.63. The molecule has 0 saturated carbocycles. The summed E-state index contributed by atoms with van der Waals surface area (Å²) >= 11 is 0. The summed E-state index contributed by atoms with van der Waals surface area (Å²) in [7, 11) is 0. The first kappa shape index (κ1) is 15.4. The highest BCUT2D eigenvalue weighted by molar-refractivity contribution is 6.72. The largest absolute Gasteiger partial charge is 0.466 e. The Balaban J connectivity index is 2.11. The van der Waals surface area contributed by atoms with Gasteiger partial charge in [0, 0.05) is 0 Å². The van der Waals surface area contributed by atoms with Crippen molar-refractivity contribution in [3.8, 4) is 0 Å². The fourth-order valence-corrected chi connectivity index (χ4v) is 3.23. The summed E-state index contributed by atoms with van der Waals surface area (Å²) in [6.45, 7) is 5.96. The lowest BCUT2D eigenvalue weighted by atomic mass is 9.75. The molecule has 8 nitrogen and oxygen atoms in total. The molecule has 4 heterocycles. The third kappa shape index (κ3) is 2.31. The quantitative estimate of drug-likeness (QED) is 0.532. The van der Waals surface area contributed by atoms with Crippen LogP contribution in [0.1, 0.15) is 22.8 Å². The van der Waals surface area contributed by atoms with Gasteiger partial charge in [-0.25, -0.2) is 20.4 Å². The van der Waals surface area contributed by atoms with Crippen molar-refractivity contribution >= 4 is 6.69 Å². The summed E-state index contributed by atoms with van der Waals surface area (Å²) in [5.74, 6) is 0. The van der Waals surface area contributed by atoms with E-state index >= 15 is 0 Å². The van der Waals surface area contributed by atoms with Crippen LogP contribution in [0.3, 0.4) is 0 Å². The zero-order chi connectivity index (χ0) is 17.6. The molecule has 128 valence electrons. The van der Waals surface area contributed by atoms with Gasteiger partial charge in [-0.15, -0.1) is 0 Å². The molecule has 0 unspecified atom stereocenters. The van der Waals surface area contributed by atoms with Crippen LogP contribution in [0.15, 0.2) is 49.1 Å². The molecule has 4 aromatic rings. The molecular formula is C16H20BN8-. The molecule has 0 aliphatic rings. The summed E-state index contributed by atoms with van der Waals surface area (Å²) in [5, 5.41) is 18.8. The number of hydrogen-bond acceptors (Lipinski definition) is 4. The van der Waals surface area contributed by atoms with E-state index in [1.807, 2.05) is 95.1 Å². The van der Waals surface area contributed by atoms with Crippen LogP contribution < -0.4 is 0 Å². The van der Waals surface area contributed by atoms with E-state index in [0.29, 0.717) is 0 Å². The van der Waals surface area contributed by atoms with E-state index < -0.39 is 6.69 Å². The lowest BCUT2D eigenvalue weighted by Gasteiger charge is -2.41. The van der Waals surface area contributed by atoms with E-state index in [0.717, 1.165) is 22.8 Å². The number of aryl methyl sites for hydroxylation is 4. The van der Waals surface area contributed by atoms with Crippen LogP contribution in [0.2, 0.25) is 0 Å². The van der Waals surface area contributed by atoms with Crippen LogP contribution in [0.25, 0.3) is 0 Å². The van der Waals surface area contributed by atoms with Crippen molar-refractivity contribution in [2.75, 3.05) is 0 Å². The van der Waals surface area contributed by atoms with Crippen molar-refractivity contribution in [2.45, 2.75) is 27.7 Å². The van der Waals surface area contributed by atoms with E-state index in [1.54, 1.807) is 0 Å². The molecule has 9 heteroatoms. The fourth-order valence-electron chi connectivity index (χ4n) is 3.23. The molecule has 0 aliphatic carbocycles. The number of nitrogens with zero attached hydrogens (tertiary/aromatic N) is 8. The first-order valence-electron chi connectivity index (χ1n) is 8.25. The number of hydrogen-bond donors (Lipinski definition) is 0. The van der Waals surface area contributed by atoms with Crippen LogP contribution in [-0.4, -0.2) is 45.5 Å². The fraction of sp³-hybridized carbons (Fsp3) is 0.250. The Morgan fingerprint density at radius 1 is 0.520 bits per heavy atom. The van der Waals surface area contributed by atoms with Crippen molar-refractivity contribution < 1.29 is 0 Å². The molecule has 0 aromatic carbocycles. The van der Waals surface area contributed by atoms with E-state index in [4.69, 9.17) is 20.4 Å². The van der Waals surface area contributed by atoms with Gasteiger partial charge in [0.1, 0.15) is 0 Å². The highest BCUT2D eigenvalue weighted by Gasteiger charge is 2.39. The van der Waals surface area contributed by atoms with Gasteiger partial charge in [-0.2, -0.15) is 0 Å². The molecule has 0 saturated heterocycles. The molecule has 4 aromatic heterocycles. The maximum atomic E-state index is 4.70. The summed E-state index contributed by atoms with van der Waals surface area (Å²) in [5.41, 5.74) is 3.68. The molecule has 0 atom stereocenters. The van der Waals surface area contributed by atoms with Crippen molar-refractivity contribution in [1.82, 2.24) is 38.8 Å². The molecule has 0 amide bonds. The summed E-state index contributed by atoms with van der Waals surface area (Å²) in [4.78, 5) is 0. The first-order chi connectivity index (χ1) is 12.0. The van der Waals surface area contributed by atoms with Gasteiger partial charge in [0.25, 0.3) is 0 Å². The average molecular weight is 335 g/mol. The van der Waals surface area contributed by atoms with Gasteiger partial charge in [0.05, 0.1) is 22.8 Å². The minimum atomic E-state index is -1.91. The first-order valence-corrected chi connectivity index (χ1v) is 8.25. The molecule has 4 rings (SSSR count). The lowest BCUT2D eigenvalue weighted by Crippen LogP contribution is -2.65. The third-order valence-electron chi connectivity index (χ3n) is 4.39. The molecule has 25 heavy (non-hydrogen) atoms. The summed E-state index contributed by atoms with van der Waals surface area (Å²) in [6.07, 6.45) is 7.78. The van der Waals surface area contributed by atoms with Crippen LogP contribution in [0.5, 0.6) is 0 Å². The number of aromatic nitrogens is 8. The second kappa shape index (κ2) is 5.47. The third-order valence-corrected chi connectivity index (χ3v) is 4.39. The molecule has 0 N–H and O–H groups in total. The predicted molar refractivity (Wildman–Crippen MR) is 95.2 cm³/mol. The zero-order valence-electron chi connectivity index (χ0n) is 14.8. The summed E-state index contributed by atoms with van der Waals surface area (Å²) in [6, 6.07) is 7.89. The van der Waals surface area contributed by atoms with Gasteiger partial charge in [-0.1, -0.05) is 0 Å². The van der Waals surface area contributed by atoms with Crippen molar-refractivity contribution in [3.05, 3.63) is 71.8 Å². The lowest BCUT2D eigenvalue weighted by molar-refractivity contribution is 0.646. The van der Waals surface area contributed by atoms with Gasteiger partial charge < -0.3 is 18.4 Å². The maximum absolute atomic E-state index is 4.70. The van der Waals surface area contributed by atoms with Gasteiger partial charge in [0.2, 0.25) is 0 Å². The van der Waals surface area contributed by atoms with Gasteiger partial charge in [-0.3, -0.25) is 0 Å². The van der Waals surface area contributed by atoms with Crippen LogP contribution in [0, 0.1) is 27.7 Å². The Hall–Kier alpha value is -3.10. The van der Waals surface area contributed by atoms with Crippen LogP contribution in [0.4, 0.5) is 0 Å². The van der Waals surface area contributed by atoms with E-state index in [9.17, 15) is 0 Å². The Morgan fingerprint density at radius 3 is 0.920 bits per heavy atom.